The molecule has 18 heavy (non-hydrogen) atoms. The monoisotopic (exact) mass is 250 g/mol. The van der Waals surface area contributed by atoms with Gasteiger partial charge in [-0.05, 0) is 40.8 Å². The summed E-state index contributed by atoms with van der Waals surface area (Å²) in [6.45, 7) is 6.15. The Bertz CT molecular complexity index is 369. The quantitative estimate of drug-likeness (QED) is 0.840. The van der Waals surface area contributed by atoms with Crippen molar-refractivity contribution in [2.75, 3.05) is 20.6 Å². The minimum atomic E-state index is 0.367. The van der Waals surface area contributed by atoms with Gasteiger partial charge in [-0.1, -0.05) is 12.8 Å². The molecule has 0 saturated heterocycles. The highest BCUT2D eigenvalue weighted by molar-refractivity contribution is 5.22. The molecule has 0 amide bonds. The second-order valence-electron chi connectivity index (χ2n) is 5.84. The number of aromatic nitrogens is 2. The Kier molecular flexibility index (Phi) is 4.07. The van der Waals surface area contributed by atoms with Gasteiger partial charge in [0.1, 0.15) is 0 Å². The minimum absolute atomic E-state index is 0.367. The Labute approximate surface area is 110 Å². The van der Waals surface area contributed by atoms with E-state index in [1.807, 2.05) is 0 Å². The van der Waals surface area contributed by atoms with E-state index < -0.39 is 0 Å². The Morgan fingerprint density at radius 1 is 1.28 bits per heavy atom. The first-order valence-electron chi connectivity index (χ1n) is 6.94. The molecule has 0 spiro atoms. The van der Waals surface area contributed by atoms with Gasteiger partial charge in [0.15, 0.2) is 0 Å². The van der Waals surface area contributed by atoms with Crippen molar-refractivity contribution in [3.63, 3.8) is 0 Å². The van der Waals surface area contributed by atoms with Gasteiger partial charge in [-0.2, -0.15) is 5.10 Å². The van der Waals surface area contributed by atoms with Gasteiger partial charge in [-0.25, -0.2) is 0 Å². The van der Waals surface area contributed by atoms with Crippen molar-refractivity contribution in [3.05, 3.63) is 17.0 Å². The molecule has 0 aromatic carbocycles. The standard InChI is InChI=1S/C14H26N4/c1-11-13(12(2)17-16-11)9-15-10-14(18(3)4)7-5-6-8-14/h15H,5-10H2,1-4H3,(H,16,17). The van der Waals surface area contributed by atoms with Gasteiger partial charge in [-0.15, -0.1) is 0 Å². The maximum Gasteiger partial charge on any atom is 0.0638 e. The zero-order chi connectivity index (χ0) is 13.2. The number of H-pyrrole nitrogens is 1. The second-order valence-corrected chi connectivity index (χ2v) is 5.84. The van der Waals surface area contributed by atoms with Crippen LogP contribution in [0.25, 0.3) is 0 Å². The molecule has 0 unspecified atom stereocenters. The zero-order valence-corrected chi connectivity index (χ0v) is 12.1. The van der Waals surface area contributed by atoms with Gasteiger partial charge in [0.25, 0.3) is 0 Å². The first-order valence-corrected chi connectivity index (χ1v) is 6.94. The van der Waals surface area contributed by atoms with Crippen LogP contribution in [0.15, 0.2) is 0 Å². The summed E-state index contributed by atoms with van der Waals surface area (Å²) in [6.07, 6.45) is 5.36. The van der Waals surface area contributed by atoms with Crippen molar-refractivity contribution < 1.29 is 0 Å². The zero-order valence-electron chi connectivity index (χ0n) is 12.1. The van der Waals surface area contributed by atoms with Crippen molar-refractivity contribution in [2.45, 2.75) is 51.6 Å². The number of rotatable bonds is 5. The number of nitrogens with one attached hydrogen (secondary N) is 2. The molecule has 0 radical (unpaired) electrons. The highest BCUT2D eigenvalue weighted by Crippen LogP contribution is 2.33. The molecule has 4 nitrogen and oxygen atoms in total. The molecule has 102 valence electrons. The van der Waals surface area contributed by atoms with Crippen LogP contribution >= 0.6 is 0 Å². The van der Waals surface area contributed by atoms with Crippen molar-refractivity contribution in [1.82, 2.24) is 20.4 Å². The maximum absolute atomic E-state index is 4.24. The van der Waals surface area contributed by atoms with E-state index >= 15 is 0 Å². The van der Waals surface area contributed by atoms with E-state index in [1.165, 1.54) is 36.9 Å². The van der Waals surface area contributed by atoms with Gasteiger partial charge >= 0.3 is 0 Å². The van der Waals surface area contributed by atoms with Crippen LogP contribution in [0, 0.1) is 13.8 Å². The number of likely N-dealkylation sites (N-methyl/N-ethyl adjacent to an activating group) is 1. The predicted molar refractivity (Wildman–Crippen MR) is 74.7 cm³/mol. The van der Waals surface area contributed by atoms with E-state index in [0.717, 1.165) is 18.8 Å². The number of nitrogens with zero attached hydrogens (tertiary/aromatic N) is 2. The number of aromatic amines is 1. The highest BCUT2D eigenvalue weighted by atomic mass is 15.2. The predicted octanol–water partition coefficient (Wildman–Crippen LogP) is 1.99. The SMILES string of the molecule is Cc1n[nH]c(C)c1CNCC1(N(C)C)CCCC1. The first kappa shape index (κ1) is 13.6. The molecule has 0 bridgehead atoms. The summed E-state index contributed by atoms with van der Waals surface area (Å²) < 4.78 is 0. The third-order valence-corrected chi connectivity index (χ3v) is 4.52. The molecule has 1 fully saturated rings. The molecule has 1 aromatic heterocycles. The lowest BCUT2D eigenvalue weighted by molar-refractivity contribution is 0.153. The van der Waals surface area contributed by atoms with E-state index in [1.54, 1.807) is 0 Å². The maximum atomic E-state index is 4.24. The summed E-state index contributed by atoms with van der Waals surface area (Å²) in [4.78, 5) is 2.40. The Balaban J connectivity index is 1.91. The Morgan fingerprint density at radius 3 is 2.44 bits per heavy atom. The molecule has 1 aliphatic rings. The summed E-state index contributed by atoms with van der Waals surface area (Å²) in [7, 11) is 4.42. The fourth-order valence-corrected chi connectivity index (χ4v) is 3.07. The van der Waals surface area contributed by atoms with E-state index in [9.17, 15) is 0 Å². The van der Waals surface area contributed by atoms with Crippen molar-refractivity contribution in [1.29, 1.82) is 0 Å². The molecular formula is C14H26N4. The summed E-state index contributed by atoms with van der Waals surface area (Å²) in [5.41, 5.74) is 3.99. The van der Waals surface area contributed by atoms with Crippen LogP contribution in [0.4, 0.5) is 0 Å². The fourth-order valence-electron chi connectivity index (χ4n) is 3.07. The summed E-state index contributed by atoms with van der Waals surface area (Å²) in [5.74, 6) is 0. The molecule has 2 N–H and O–H groups in total. The van der Waals surface area contributed by atoms with Crippen LogP contribution in [0.2, 0.25) is 0 Å². The summed E-state index contributed by atoms with van der Waals surface area (Å²) in [6, 6.07) is 0. The lowest BCUT2D eigenvalue weighted by Crippen LogP contribution is -2.49. The topological polar surface area (TPSA) is 44.0 Å². The second kappa shape index (κ2) is 5.41. The van der Waals surface area contributed by atoms with Gasteiger partial charge in [-0.3, -0.25) is 5.10 Å². The van der Waals surface area contributed by atoms with Crippen LogP contribution in [0.5, 0.6) is 0 Å². The number of hydrogen-bond donors (Lipinski definition) is 2. The molecule has 0 atom stereocenters. The van der Waals surface area contributed by atoms with Gasteiger partial charge < -0.3 is 10.2 Å². The molecule has 0 aliphatic heterocycles. The third kappa shape index (κ3) is 2.59. The lowest BCUT2D eigenvalue weighted by Gasteiger charge is -2.36. The van der Waals surface area contributed by atoms with Gasteiger partial charge in [0.2, 0.25) is 0 Å². The molecule has 1 heterocycles. The molecule has 1 saturated carbocycles. The average molecular weight is 250 g/mol. The summed E-state index contributed by atoms with van der Waals surface area (Å²) in [5, 5.41) is 10.9. The van der Waals surface area contributed by atoms with Crippen LogP contribution in [-0.4, -0.2) is 41.3 Å². The average Bonchev–Trinajstić information content (AvgIpc) is 2.91. The largest absolute Gasteiger partial charge is 0.311 e. The molecule has 1 aliphatic carbocycles. The minimum Gasteiger partial charge on any atom is -0.311 e. The molecule has 2 rings (SSSR count). The molecular weight excluding hydrogens is 224 g/mol. The van der Waals surface area contributed by atoms with Gasteiger partial charge in [0, 0.05) is 29.9 Å². The Hall–Kier alpha value is -0.870. The lowest BCUT2D eigenvalue weighted by atomic mass is 9.96. The van der Waals surface area contributed by atoms with E-state index in [0.29, 0.717) is 5.54 Å². The van der Waals surface area contributed by atoms with Crippen molar-refractivity contribution >= 4 is 0 Å². The van der Waals surface area contributed by atoms with Crippen molar-refractivity contribution in [3.8, 4) is 0 Å². The Morgan fingerprint density at radius 2 is 1.94 bits per heavy atom. The van der Waals surface area contributed by atoms with E-state index in [-0.39, 0.29) is 0 Å². The normalized spacial score (nSPS) is 18.7. The van der Waals surface area contributed by atoms with Crippen molar-refractivity contribution in [2.24, 2.45) is 0 Å². The highest BCUT2D eigenvalue weighted by Gasteiger charge is 2.35. The van der Waals surface area contributed by atoms with Crippen LogP contribution in [0.1, 0.15) is 42.6 Å². The number of aryl methyl sites for hydroxylation is 2. The van der Waals surface area contributed by atoms with Crippen LogP contribution in [0.3, 0.4) is 0 Å². The third-order valence-electron chi connectivity index (χ3n) is 4.52. The first-order chi connectivity index (χ1) is 8.55. The van der Waals surface area contributed by atoms with Crippen LogP contribution in [-0.2, 0) is 6.54 Å². The summed E-state index contributed by atoms with van der Waals surface area (Å²) >= 11 is 0. The van der Waals surface area contributed by atoms with Gasteiger partial charge in [0.05, 0.1) is 5.69 Å². The van der Waals surface area contributed by atoms with E-state index in [2.05, 4.69) is 48.4 Å². The molecule has 4 heteroatoms. The molecule has 1 aromatic rings. The number of hydrogen-bond acceptors (Lipinski definition) is 3. The fraction of sp³-hybridized carbons (Fsp3) is 0.786. The van der Waals surface area contributed by atoms with Crippen LogP contribution < -0.4 is 5.32 Å². The van der Waals surface area contributed by atoms with E-state index in [4.69, 9.17) is 0 Å². The smallest absolute Gasteiger partial charge is 0.0638 e.